The first-order chi connectivity index (χ1) is 7.65. The number of aromatic nitrogens is 2. The molecule has 1 heterocycles. The summed E-state index contributed by atoms with van der Waals surface area (Å²) in [5.41, 5.74) is 5.71. The first-order valence-corrected chi connectivity index (χ1v) is 6.51. The minimum Gasteiger partial charge on any atom is -0.396 e. The Hall–Kier alpha value is -0.810. The van der Waals surface area contributed by atoms with E-state index in [4.69, 9.17) is 10.8 Å². The minimum absolute atomic E-state index is 0.204. The lowest BCUT2D eigenvalue weighted by Crippen LogP contribution is -2.05. The number of nitrogen functional groups attached to an aromatic ring is 1. The molecule has 1 unspecified atom stereocenters. The summed E-state index contributed by atoms with van der Waals surface area (Å²) in [4.78, 5) is 8.59. The van der Waals surface area contributed by atoms with Crippen LogP contribution < -0.4 is 5.73 Å². The number of aliphatic hydroxyl groups is 1. The van der Waals surface area contributed by atoms with Crippen molar-refractivity contribution < 1.29 is 5.11 Å². The van der Waals surface area contributed by atoms with Crippen LogP contribution in [0.3, 0.4) is 0 Å². The molecule has 0 aliphatic heterocycles. The van der Waals surface area contributed by atoms with E-state index in [0.717, 1.165) is 29.4 Å². The van der Waals surface area contributed by atoms with Crippen LogP contribution in [0.2, 0.25) is 0 Å². The molecule has 0 spiro atoms. The quantitative estimate of drug-likeness (QED) is 0.586. The lowest BCUT2D eigenvalue weighted by Gasteiger charge is -2.08. The summed E-state index contributed by atoms with van der Waals surface area (Å²) in [6, 6.07) is 1.79. The monoisotopic (exact) mass is 241 g/mol. The van der Waals surface area contributed by atoms with Crippen molar-refractivity contribution in [1.82, 2.24) is 9.97 Å². The molecule has 3 N–H and O–H groups in total. The van der Waals surface area contributed by atoms with Crippen LogP contribution in [0, 0.1) is 5.92 Å². The molecule has 4 nitrogen and oxygen atoms in total. The van der Waals surface area contributed by atoms with E-state index in [1.54, 1.807) is 17.8 Å². The van der Waals surface area contributed by atoms with Gasteiger partial charge < -0.3 is 10.8 Å². The van der Waals surface area contributed by atoms with Crippen LogP contribution in [-0.4, -0.2) is 27.4 Å². The minimum atomic E-state index is 0.204. The van der Waals surface area contributed by atoms with Crippen molar-refractivity contribution in [3.63, 3.8) is 0 Å². The van der Waals surface area contributed by atoms with Gasteiger partial charge in [0.2, 0.25) is 0 Å². The molecular formula is C11H19N3OS. The van der Waals surface area contributed by atoms with Crippen molar-refractivity contribution in [2.24, 2.45) is 5.92 Å². The van der Waals surface area contributed by atoms with Gasteiger partial charge in [-0.05, 0) is 12.3 Å². The Bertz CT molecular complexity index is 333. The zero-order chi connectivity index (χ0) is 12.0. The van der Waals surface area contributed by atoms with Gasteiger partial charge in [-0.2, -0.15) is 0 Å². The van der Waals surface area contributed by atoms with Gasteiger partial charge in [0.15, 0.2) is 0 Å². The molecule has 0 aliphatic rings. The summed E-state index contributed by atoms with van der Waals surface area (Å²) < 4.78 is 0. The number of nitrogens with two attached hydrogens (primary N) is 1. The first-order valence-electron chi connectivity index (χ1n) is 5.52. The van der Waals surface area contributed by atoms with Crippen LogP contribution in [0.4, 0.5) is 5.82 Å². The van der Waals surface area contributed by atoms with Gasteiger partial charge in [-0.25, -0.2) is 9.97 Å². The summed E-state index contributed by atoms with van der Waals surface area (Å²) >= 11 is 1.62. The van der Waals surface area contributed by atoms with E-state index < -0.39 is 0 Å². The predicted octanol–water partition coefficient (Wildman–Crippen LogP) is 1.73. The van der Waals surface area contributed by atoms with E-state index >= 15 is 0 Å². The maximum Gasteiger partial charge on any atom is 0.132 e. The SMILES string of the molecule is CCCc1nc(N)cc(SCC(C)CO)n1. The zero-order valence-electron chi connectivity index (χ0n) is 9.81. The fourth-order valence-electron chi connectivity index (χ4n) is 1.18. The number of aryl methyl sites for hydroxylation is 1. The first kappa shape index (κ1) is 13.3. The molecule has 0 fully saturated rings. The van der Waals surface area contributed by atoms with Gasteiger partial charge in [0.1, 0.15) is 16.7 Å². The second kappa shape index (κ2) is 6.70. The highest BCUT2D eigenvalue weighted by Gasteiger charge is 2.05. The van der Waals surface area contributed by atoms with Crippen LogP contribution in [-0.2, 0) is 6.42 Å². The van der Waals surface area contributed by atoms with Crippen LogP contribution in [0.1, 0.15) is 26.1 Å². The highest BCUT2D eigenvalue weighted by Crippen LogP contribution is 2.20. The Morgan fingerprint density at radius 2 is 2.25 bits per heavy atom. The molecule has 1 rings (SSSR count). The maximum absolute atomic E-state index is 8.94. The molecule has 5 heteroatoms. The van der Waals surface area contributed by atoms with Crippen molar-refractivity contribution in [2.45, 2.75) is 31.7 Å². The smallest absolute Gasteiger partial charge is 0.132 e. The van der Waals surface area contributed by atoms with Gasteiger partial charge in [0.25, 0.3) is 0 Å². The fourth-order valence-corrected chi connectivity index (χ4v) is 2.12. The molecule has 0 saturated heterocycles. The van der Waals surface area contributed by atoms with Crippen molar-refractivity contribution in [2.75, 3.05) is 18.1 Å². The Morgan fingerprint density at radius 3 is 2.88 bits per heavy atom. The summed E-state index contributed by atoms with van der Waals surface area (Å²) in [6.07, 6.45) is 1.87. The Labute approximate surface area is 101 Å². The highest BCUT2D eigenvalue weighted by molar-refractivity contribution is 7.99. The summed E-state index contributed by atoms with van der Waals surface area (Å²) in [5, 5.41) is 9.83. The standard InChI is InChI=1S/C11H19N3OS/c1-3-4-10-13-9(12)5-11(14-10)16-7-8(2)6-15/h5,8,15H,3-4,6-7H2,1-2H3,(H2,12,13,14). The van der Waals surface area contributed by atoms with Gasteiger partial charge in [-0.1, -0.05) is 13.8 Å². The second-order valence-electron chi connectivity index (χ2n) is 3.90. The number of nitrogens with zero attached hydrogens (tertiary/aromatic N) is 2. The lowest BCUT2D eigenvalue weighted by atomic mass is 10.2. The summed E-state index contributed by atoms with van der Waals surface area (Å²) in [6.45, 7) is 4.30. The topological polar surface area (TPSA) is 72.0 Å². The van der Waals surface area contributed by atoms with E-state index in [2.05, 4.69) is 16.9 Å². The van der Waals surface area contributed by atoms with Gasteiger partial charge in [0, 0.05) is 24.8 Å². The van der Waals surface area contributed by atoms with Crippen molar-refractivity contribution in [3.05, 3.63) is 11.9 Å². The third kappa shape index (κ3) is 4.37. The molecule has 0 radical (unpaired) electrons. The number of aliphatic hydroxyl groups excluding tert-OH is 1. The number of thioether (sulfide) groups is 1. The van der Waals surface area contributed by atoms with E-state index in [1.807, 2.05) is 6.92 Å². The number of rotatable bonds is 6. The molecule has 0 bridgehead atoms. The van der Waals surface area contributed by atoms with E-state index in [0.29, 0.717) is 5.82 Å². The fraction of sp³-hybridized carbons (Fsp3) is 0.636. The van der Waals surface area contributed by atoms with Crippen molar-refractivity contribution in [1.29, 1.82) is 0 Å². The third-order valence-corrected chi connectivity index (χ3v) is 3.31. The largest absolute Gasteiger partial charge is 0.396 e. The van der Waals surface area contributed by atoms with Crippen molar-refractivity contribution >= 4 is 17.6 Å². The van der Waals surface area contributed by atoms with Gasteiger partial charge in [-0.3, -0.25) is 0 Å². The van der Waals surface area contributed by atoms with E-state index in [-0.39, 0.29) is 12.5 Å². The predicted molar refractivity (Wildman–Crippen MR) is 67.4 cm³/mol. The van der Waals surface area contributed by atoms with Crippen LogP contribution in [0.15, 0.2) is 11.1 Å². The molecule has 1 aromatic heterocycles. The number of hydrogen-bond acceptors (Lipinski definition) is 5. The Morgan fingerprint density at radius 1 is 1.50 bits per heavy atom. The molecule has 16 heavy (non-hydrogen) atoms. The van der Waals surface area contributed by atoms with Crippen LogP contribution in [0.5, 0.6) is 0 Å². The number of anilines is 1. The molecule has 1 atom stereocenters. The summed E-state index contributed by atoms with van der Waals surface area (Å²) in [7, 11) is 0. The Balaban J connectivity index is 2.64. The lowest BCUT2D eigenvalue weighted by molar-refractivity contribution is 0.250. The molecule has 0 amide bonds. The van der Waals surface area contributed by atoms with Gasteiger partial charge in [-0.15, -0.1) is 11.8 Å². The second-order valence-corrected chi connectivity index (χ2v) is 4.94. The Kier molecular flexibility index (Phi) is 5.55. The van der Waals surface area contributed by atoms with Crippen molar-refractivity contribution in [3.8, 4) is 0 Å². The summed E-state index contributed by atoms with van der Waals surface area (Å²) in [5.74, 6) is 2.45. The van der Waals surface area contributed by atoms with Crippen LogP contribution >= 0.6 is 11.8 Å². The zero-order valence-corrected chi connectivity index (χ0v) is 10.6. The molecule has 1 aromatic rings. The van der Waals surface area contributed by atoms with Gasteiger partial charge >= 0.3 is 0 Å². The number of hydrogen-bond donors (Lipinski definition) is 2. The molecule has 90 valence electrons. The van der Waals surface area contributed by atoms with Gasteiger partial charge in [0.05, 0.1) is 0 Å². The third-order valence-electron chi connectivity index (χ3n) is 2.07. The van der Waals surface area contributed by atoms with E-state index in [9.17, 15) is 0 Å². The van der Waals surface area contributed by atoms with Crippen LogP contribution in [0.25, 0.3) is 0 Å². The average Bonchev–Trinajstić information content (AvgIpc) is 2.25. The maximum atomic E-state index is 8.94. The average molecular weight is 241 g/mol. The molecule has 0 aliphatic carbocycles. The molecule has 0 saturated carbocycles. The van der Waals surface area contributed by atoms with E-state index in [1.165, 1.54) is 0 Å². The molecular weight excluding hydrogens is 222 g/mol. The molecule has 0 aromatic carbocycles. The highest BCUT2D eigenvalue weighted by atomic mass is 32.2. The normalized spacial score (nSPS) is 12.7.